The topological polar surface area (TPSA) is 152 Å². The SMILES string of the molecule is CC(C)(C)OC(=O)N1CCC(C(CCCN2CC(COS(C)(=O)=O)OC2=O)C(=N)N)CC1. The third kappa shape index (κ3) is 8.45. The Bertz CT molecular complexity index is 788. The minimum Gasteiger partial charge on any atom is -0.444 e. The second-order valence-corrected chi connectivity index (χ2v) is 11.1. The zero-order chi connectivity index (χ0) is 24.1. The average Bonchev–Trinajstić information content (AvgIpc) is 3.01. The van der Waals surface area contributed by atoms with E-state index in [-0.39, 0.29) is 36.9 Å². The Morgan fingerprint density at radius 3 is 2.47 bits per heavy atom. The van der Waals surface area contributed by atoms with Crippen LogP contribution in [-0.2, 0) is 23.8 Å². The molecule has 3 N–H and O–H groups in total. The first-order valence-corrected chi connectivity index (χ1v) is 12.7. The van der Waals surface area contributed by atoms with E-state index in [2.05, 4.69) is 0 Å². The van der Waals surface area contributed by atoms with Crippen molar-refractivity contribution < 1.29 is 31.7 Å². The van der Waals surface area contributed by atoms with E-state index in [0.29, 0.717) is 32.5 Å². The third-order valence-electron chi connectivity index (χ3n) is 5.52. The lowest BCUT2D eigenvalue weighted by Crippen LogP contribution is -2.44. The van der Waals surface area contributed by atoms with Gasteiger partial charge in [0, 0.05) is 25.6 Å². The second kappa shape index (κ2) is 10.7. The van der Waals surface area contributed by atoms with Gasteiger partial charge in [-0.25, -0.2) is 9.59 Å². The predicted molar refractivity (Wildman–Crippen MR) is 118 cm³/mol. The zero-order valence-corrected chi connectivity index (χ0v) is 20.2. The fraction of sp³-hybridized carbons (Fsp3) is 0.850. The van der Waals surface area contributed by atoms with Gasteiger partial charge in [0.15, 0.2) is 0 Å². The van der Waals surface area contributed by atoms with Crippen LogP contribution in [0.25, 0.3) is 0 Å². The van der Waals surface area contributed by atoms with Crippen LogP contribution < -0.4 is 5.73 Å². The number of piperidine rings is 1. The van der Waals surface area contributed by atoms with Crippen molar-refractivity contribution in [2.45, 2.75) is 58.2 Å². The van der Waals surface area contributed by atoms with Crippen molar-refractivity contribution in [1.29, 1.82) is 5.41 Å². The Kier molecular flexibility index (Phi) is 8.74. The maximum atomic E-state index is 12.2. The first-order chi connectivity index (χ1) is 14.7. The number of nitrogens with two attached hydrogens (primary N) is 1. The summed E-state index contributed by atoms with van der Waals surface area (Å²) in [7, 11) is -3.59. The lowest BCUT2D eigenvalue weighted by Gasteiger charge is -2.36. The van der Waals surface area contributed by atoms with Crippen molar-refractivity contribution in [2.75, 3.05) is 39.0 Å². The molecular weight excluding hydrogens is 440 g/mol. The smallest absolute Gasteiger partial charge is 0.410 e. The van der Waals surface area contributed by atoms with Crippen LogP contribution in [0.3, 0.4) is 0 Å². The van der Waals surface area contributed by atoms with Crippen molar-refractivity contribution in [2.24, 2.45) is 17.6 Å². The summed E-state index contributed by atoms with van der Waals surface area (Å²) in [4.78, 5) is 27.5. The summed E-state index contributed by atoms with van der Waals surface area (Å²) in [5.74, 6) is 0.176. The van der Waals surface area contributed by atoms with Crippen LogP contribution in [0.2, 0.25) is 0 Å². The molecule has 0 aliphatic carbocycles. The summed E-state index contributed by atoms with van der Waals surface area (Å²) >= 11 is 0. The minimum absolute atomic E-state index is 0.115. The van der Waals surface area contributed by atoms with Crippen LogP contribution in [0.4, 0.5) is 9.59 Å². The fourth-order valence-electron chi connectivity index (χ4n) is 4.00. The van der Waals surface area contributed by atoms with Crippen LogP contribution in [0.5, 0.6) is 0 Å². The number of nitrogens with one attached hydrogen (secondary N) is 1. The molecule has 2 saturated heterocycles. The quantitative estimate of drug-likeness (QED) is 0.290. The Hall–Kier alpha value is -2.08. The van der Waals surface area contributed by atoms with Gasteiger partial charge in [-0.2, -0.15) is 8.42 Å². The van der Waals surface area contributed by atoms with Crippen molar-refractivity contribution in [1.82, 2.24) is 9.80 Å². The first kappa shape index (κ1) is 26.2. The van der Waals surface area contributed by atoms with Crippen LogP contribution in [0.1, 0.15) is 46.5 Å². The molecule has 32 heavy (non-hydrogen) atoms. The molecular formula is C20H36N4O7S. The summed E-state index contributed by atoms with van der Waals surface area (Å²) in [6.07, 6.45) is 2.24. The first-order valence-electron chi connectivity index (χ1n) is 10.9. The van der Waals surface area contributed by atoms with E-state index < -0.39 is 27.9 Å². The molecule has 12 heteroatoms. The van der Waals surface area contributed by atoms with Gasteiger partial charge in [0.05, 0.1) is 18.6 Å². The van der Waals surface area contributed by atoms with Crippen molar-refractivity contribution >= 4 is 28.1 Å². The van der Waals surface area contributed by atoms with Gasteiger partial charge in [-0.05, 0) is 52.4 Å². The molecule has 2 fully saturated rings. The molecule has 2 aliphatic rings. The number of rotatable bonds is 9. The lowest BCUT2D eigenvalue weighted by atomic mass is 9.81. The molecule has 184 valence electrons. The van der Waals surface area contributed by atoms with E-state index >= 15 is 0 Å². The summed E-state index contributed by atoms with van der Waals surface area (Å²) in [6.45, 7) is 7.10. The molecule has 0 spiro atoms. The molecule has 0 radical (unpaired) electrons. The molecule has 2 rings (SSSR count). The Morgan fingerprint density at radius 1 is 1.31 bits per heavy atom. The Morgan fingerprint density at radius 2 is 1.94 bits per heavy atom. The summed E-state index contributed by atoms with van der Waals surface area (Å²) in [6, 6.07) is 0. The van der Waals surface area contributed by atoms with Gasteiger partial charge in [0.1, 0.15) is 18.3 Å². The van der Waals surface area contributed by atoms with Gasteiger partial charge in [0.2, 0.25) is 0 Å². The van der Waals surface area contributed by atoms with Crippen molar-refractivity contribution in [3.8, 4) is 0 Å². The normalized spacial score (nSPS) is 21.4. The molecule has 2 unspecified atom stereocenters. The number of cyclic esters (lactones) is 1. The van der Waals surface area contributed by atoms with E-state index in [4.69, 9.17) is 24.8 Å². The van der Waals surface area contributed by atoms with E-state index in [1.807, 2.05) is 20.8 Å². The molecule has 0 aromatic rings. The number of ether oxygens (including phenoxy) is 2. The maximum absolute atomic E-state index is 12.2. The number of hydrogen-bond acceptors (Lipinski definition) is 8. The molecule has 0 bridgehead atoms. The van der Waals surface area contributed by atoms with Crippen LogP contribution >= 0.6 is 0 Å². The zero-order valence-electron chi connectivity index (χ0n) is 19.3. The number of hydrogen-bond donors (Lipinski definition) is 2. The van der Waals surface area contributed by atoms with Crippen molar-refractivity contribution in [3.63, 3.8) is 0 Å². The fourth-order valence-corrected chi connectivity index (χ4v) is 4.40. The number of carbonyl (C=O) groups is 2. The molecule has 2 atom stereocenters. The Labute approximate surface area is 190 Å². The number of amides is 2. The molecule has 0 aromatic heterocycles. The Balaban J connectivity index is 1.78. The van der Waals surface area contributed by atoms with Gasteiger partial charge in [-0.3, -0.25) is 9.59 Å². The highest BCUT2D eigenvalue weighted by molar-refractivity contribution is 7.85. The molecule has 0 aromatic carbocycles. The second-order valence-electron chi connectivity index (χ2n) is 9.45. The number of amidine groups is 1. The van der Waals surface area contributed by atoms with E-state index in [1.165, 1.54) is 4.90 Å². The molecule has 2 heterocycles. The largest absolute Gasteiger partial charge is 0.444 e. The maximum Gasteiger partial charge on any atom is 0.410 e. The van der Waals surface area contributed by atoms with Gasteiger partial charge in [-0.15, -0.1) is 0 Å². The van der Waals surface area contributed by atoms with Crippen LogP contribution in [0, 0.1) is 17.2 Å². The summed E-state index contributed by atoms with van der Waals surface area (Å²) < 4.78 is 37.5. The molecule has 2 amide bonds. The van der Waals surface area contributed by atoms with Gasteiger partial charge in [0.25, 0.3) is 10.1 Å². The highest BCUT2D eigenvalue weighted by Crippen LogP contribution is 2.29. The van der Waals surface area contributed by atoms with Crippen molar-refractivity contribution in [3.05, 3.63) is 0 Å². The number of nitrogens with zero attached hydrogens (tertiary/aromatic N) is 2. The standard InChI is InChI=1S/C20H36N4O7S/c1-20(2,3)31-19(26)23-10-7-14(8-11-23)16(17(21)22)6-5-9-24-12-15(30-18(24)25)13-29-32(4,27)28/h14-16H,5-13H2,1-4H3,(H3,21,22). The monoisotopic (exact) mass is 476 g/mol. The van der Waals surface area contributed by atoms with E-state index in [9.17, 15) is 18.0 Å². The molecule has 2 aliphatic heterocycles. The van der Waals surface area contributed by atoms with Gasteiger partial charge < -0.3 is 25.0 Å². The number of carbonyl (C=O) groups excluding carboxylic acids is 2. The molecule has 11 nitrogen and oxygen atoms in total. The van der Waals surface area contributed by atoms with Gasteiger partial charge in [-0.1, -0.05) is 0 Å². The third-order valence-corrected chi connectivity index (χ3v) is 6.08. The van der Waals surface area contributed by atoms with Crippen LogP contribution in [-0.4, -0.2) is 87.0 Å². The average molecular weight is 477 g/mol. The minimum atomic E-state index is -3.59. The predicted octanol–water partition coefficient (Wildman–Crippen LogP) is 1.76. The number of likely N-dealkylation sites (tertiary alicyclic amines) is 1. The lowest BCUT2D eigenvalue weighted by molar-refractivity contribution is 0.0170. The highest BCUT2D eigenvalue weighted by atomic mass is 32.2. The molecule has 0 saturated carbocycles. The summed E-state index contributed by atoms with van der Waals surface area (Å²) in [5.41, 5.74) is 5.33. The van der Waals surface area contributed by atoms with Gasteiger partial charge >= 0.3 is 12.2 Å². The summed E-state index contributed by atoms with van der Waals surface area (Å²) in [5, 5.41) is 8.01. The van der Waals surface area contributed by atoms with E-state index in [1.54, 1.807) is 4.90 Å². The van der Waals surface area contributed by atoms with Crippen LogP contribution in [0.15, 0.2) is 0 Å². The van der Waals surface area contributed by atoms with E-state index in [0.717, 1.165) is 19.1 Å². The highest BCUT2D eigenvalue weighted by Gasteiger charge is 2.34.